The van der Waals surface area contributed by atoms with E-state index in [1.807, 2.05) is 0 Å². The van der Waals surface area contributed by atoms with Crippen molar-refractivity contribution in [3.8, 4) is 0 Å². The zero-order chi connectivity index (χ0) is 13.0. The number of nitro groups is 1. The highest BCUT2D eigenvalue weighted by Crippen LogP contribution is 2.25. The quantitative estimate of drug-likeness (QED) is 0.371. The Hall–Kier alpha value is -1.43. The minimum atomic E-state index is -0.427. The number of rotatable bonds is 4. The standard InChI is InChI=1S/C11H12BrNO4/c1-7-3-8(5-11(14)17-2)9(6-12)4-10(7)13(15)16/h3-4H,5-6H2,1-2H3. The van der Waals surface area contributed by atoms with E-state index in [1.165, 1.54) is 13.2 Å². The van der Waals surface area contributed by atoms with Gasteiger partial charge in [-0.1, -0.05) is 15.9 Å². The molecule has 1 aromatic carbocycles. The summed E-state index contributed by atoms with van der Waals surface area (Å²) in [7, 11) is 1.31. The number of ether oxygens (including phenoxy) is 1. The molecular formula is C11H12BrNO4. The summed E-state index contributed by atoms with van der Waals surface area (Å²) in [5.41, 5.74) is 2.08. The number of methoxy groups -OCH3 is 1. The number of hydrogen-bond acceptors (Lipinski definition) is 4. The van der Waals surface area contributed by atoms with E-state index in [1.54, 1.807) is 13.0 Å². The number of nitro benzene ring substituents is 1. The highest BCUT2D eigenvalue weighted by atomic mass is 79.9. The molecule has 0 saturated heterocycles. The van der Waals surface area contributed by atoms with Crippen LogP contribution in [0, 0.1) is 17.0 Å². The van der Waals surface area contributed by atoms with E-state index >= 15 is 0 Å². The van der Waals surface area contributed by atoms with Crippen LogP contribution in [-0.4, -0.2) is 18.0 Å². The van der Waals surface area contributed by atoms with Crippen molar-refractivity contribution in [2.24, 2.45) is 0 Å². The molecule has 1 rings (SSSR count). The van der Waals surface area contributed by atoms with Gasteiger partial charge in [-0.05, 0) is 24.1 Å². The van der Waals surface area contributed by atoms with Gasteiger partial charge in [-0.25, -0.2) is 0 Å². The molecule has 0 N–H and O–H groups in total. The fourth-order valence-corrected chi connectivity index (χ4v) is 2.03. The lowest BCUT2D eigenvalue weighted by molar-refractivity contribution is -0.385. The lowest BCUT2D eigenvalue weighted by Gasteiger charge is -2.08. The minimum Gasteiger partial charge on any atom is -0.469 e. The summed E-state index contributed by atoms with van der Waals surface area (Å²) in [4.78, 5) is 21.6. The smallest absolute Gasteiger partial charge is 0.309 e. The number of benzene rings is 1. The average molecular weight is 302 g/mol. The number of esters is 1. The van der Waals surface area contributed by atoms with Crippen molar-refractivity contribution < 1.29 is 14.5 Å². The molecule has 0 spiro atoms. The molecule has 5 nitrogen and oxygen atoms in total. The van der Waals surface area contributed by atoms with Crippen LogP contribution in [0.2, 0.25) is 0 Å². The Kier molecular flexibility index (Phi) is 4.62. The third kappa shape index (κ3) is 3.26. The maximum absolute atomic E-state index is 11.2. The molecule has 0 fully saturated rings. The first kappa shape index (κ1) is 13.6. The molecule has 17 heavy (non-hydrogen) atoms. The average Bonchev–Trinajstić information content (AvgIpc) is 2.28. The van der Waals surface area contributed by atoms with Gasteiger partial charge in [-0.3, -0.25) is 14.9 Å². The molecule has 0 aliphatic rings. The van der Waals surface area contributed by atoms with Crippen LogP contribution in [0.1, 0.15) is 16.7 Å². The Morgan fingerprint density at radius 2 is 2.12 bits per heavy atom. The zero-order valence-corrected chi connectivity index (χ0v) is 11.1. The van der Waals surface area contributed by atoms with Crippen molar-refractivity contribution in [1.82, 2.24) is 0 Å². The maximum atomic E-state index is 11.2. The molecule has 0 radical (unpaired) electrons. The van der Waals surface area contributed by atoms with Gasteiger partial charge in [0.2, 0.25) is 0 Å². The van der Waals surface area contributed by atoms with Gasteiger partial charge in [0.1, 0.15) is 0 Å². The number of alkyl halides is 1. The monoisotopic (exact) mass is 301 g/mol. The summed E-state index contributed by atoms with van der Waals surface area (Å²) < 4.78 is 4.58. The van der Waals surface area contributed by atoms with Gasteiger partial charge in [0.25, 0.3) is 5.69 Å². The van der Waals surface area contributed by atoms with E-state index in [4.69, 9.17) is 0 Å². The zero-order valence-electron chi connectivity index (χ0n) is 9.53. The Morgan fingerprint density at radius 3 is 2.59 bits per heavy atom. The summed E-state index contributed by atoms with van der Waals surface area (Å²) in [5, 5.41) is 11.2. The first-order valence-electron chi connectivity index (χ1n) is 4.89. The van der Waals surface area contributed by atoms with Crippen molar-refractivity contribution in [2.75, 3.05) is 7.11 Å². The Labute approximate surface area is 107 Å². The van der Waals surface area contributed by atoms with E-state index in [-0.39, 0.29) is 18.1 Å². The Bertz CT molecular complexity index is 459. The SMILES string of the molecule is COC(=O)Cc1cc(C)c([N+](=O)[O-])cc1CBr. The Balaban J connectivity index is 3.18. The summed E-state index contributed by atoms with van der Waals surface area (Å²) in [6.45, 7) is 1.65. The highest BCUT2D eigenvalue weighted by Gasteiger charge is 2.16. The van der Waals surface area contributed by atoms with E-state index < -0.39 is 4.92 Å². The molecule has 0 heterocycles. The first-order chi connectivity index (χ1) is 7.99. The van der Waals surface area contributed by atoms with E-state index in [0.717, 1.165) is 11.1 Å². The topological polar surface area (TPSA) is 69.4 Å². The van der Waals surface area contributed by atoms with Crippen LogP contribution in [0.3, 0.4) is 0 Å². The fraction of sp³-hybridized carbons (Fsp3) is 0.364. The molecule has 0 atom stereocenters. The van der Waals surface area contributed by atoms with Crippen LogP contribution in [0.25, 0.3) is 0 Å². The molecule has 1 aromatic rings. The van der Waals surface area contributed by atoms with Gasteiger partial charge in [-0.2, -0.15) is 0 Å². The molecule has 0 amide bonds. The number of carbonyl (C=O) groups excluding carboxylic acids is 1. The van der Waals surface area contributed by atoms with Crippen molar-refractivity contribution >= 4 is 27.6 Å². The second-order valence-electron chi connectivity index (χ2n) is 3.55. The molecule has 0 saturated carbocycles. The van der Waals surface area contributed by atoms with Crippen molar-refractivity contribution in [1.29, 1.82) is 0 Å². The molecule has 0 aliphatic carbocycles. The highest BCUT2D eigenvalue weighted by molar-refractivity contribution is 9.08. The third-order valence-corrected chi connectivity index (χ3v) is 3.03. The molecule has 92 valence electrons. The predicted molar refractivity (Wildman–Crippen MR) is 66.2 cm³/mol. The minimum absolute atomic E-state index is 0.0630. The Morgan fingerprint density at radius 1 is 1.47 bits per heavy atom. The van der Waals surface area contributed by atoms with Gasteiger partial charge < -0.3 is 4.74 Å². The second kappa shape index (κ2) is 5.77. The van der Waals surface area contributed by atoms with E-state index in [2.05, 4.69) is 20.7 Å². The van der Waals surface area contributed by atoms with Crippen molar-refractivity contribution in [2.45, 2.75) is 18.7 Å². The largest absolute Gasteiger partial charge is 0.469 e. The first-order valence-corrected chi connectivity index (χ1v) is 6.01. The molecule has 0 bridgehead atoms. The van der Waals surface area contributed by atoms with Crippen molar-refractivity contribution in [3.63, 3.8) is 0 Å². The molecular weight excluding hydrogens is 290 g/mol. The number of aryl methyl sites for hydroxylation is 1. The predicted octanol–water partition coefficient (Wildman–Crippen LogP) is 2.51. The molecule has 0 unspecified atom stereocenters. The molecule has 0 aromatic heterocycles. The summed E-state index contributed by atoms with van der Waals surface area (Å²) in [5.74, 6) is -0.361. The van der Waals surface area contributed by atoms with Gasteiger partial charge in [0, 0.05) is 17.0 Å². The van der Waals surface area contributed by atoms with E-state index in [0.29, 0.717) is 10.9 Å². The van der Waals surface area contributed by atoms with Gasteiger partial charge in [-0.15, -0.1) is 0 Å². The molecule has 0 aliphatic heterocycles. The van der Waals surface area contributed by atoms with Gasteiger partial charge in [0.05, 0.1) is 18.5 Å². The number of halogens is 1. The maximum Gasteiger partial charge on any atom is 0.309 e. The van der Waals surface area contributed by atoms with Crippen LogP contribution in [0.5, 0.6) is 0 Å². The van der Waals surface area contributed by atoms with Crippen LogP contribution >= 0.6 is 15.9 Å². The third-order valence-electron chi connectivity index (χ3n) is 2.42. The number of nitrogens with zero attached hydrogens (tertiary/aromatic N) is 1. The lowest BCUT2D eigenvalue weighted by atomic mass is 10.0. The fourth-order valence-electron chi connectivity index (χ4n) is 1.51. The lowest BCUT2D eigenvalue weighted by Crippen LogP contribution is -2.07. The number of hydrogen-bond donors (Lipinski definition) is 0. The summed E-state index contributed by atoms with van der Waals surface area (Å²) in [6, 6.07) is 3.15. The van der Waals surface area contributed by atoms with Crippen molar-refractivity contribution in [3.05, 3.63) is 38.9 Å². The summed E-state index contributed by atoms with van der Waals surface area (Å²) >= 11 is 3.25. The van der Waals surface area contributed by atoms with Gasteiger partial charge in [0.15, 0.2) is 0 Å². The van der Waals surface area contributed by atoms with Crippen LogP contribution < -0.4 is 0 Å². The summed E-state index contributed by atoms with van der Waals surface area (Å²) in [6.07, 6.45) is 0.121. The van der Waals surface area contributed by atoms with Crippen LogP contribution in [0.4, 0.5) is 5.69 Å². The molecule has 6 heteroatoms. The second-order valence-corrected chi connectivity index (χ2v) is 4.11. The normalized spacial score (nSPS) is 10.1. The van der Waals surface area contributed by atoms with E-state index in [9.17, 15) is 14.9 Å². The number of carbonyl (C=O) groups is 1. The van der Waals surface area contributed by atoms with Gasteiger partial charge >= 0.3 is 5.97 Å². The van der Waals surface area contributed by atoms with Crippen LogP contribution in [-0.2, 0) is 21.3 Å². The van der Waals surface area contributed by atoms with Crippen LogP contribution in [0.15, 0.2) is 12.1 Å².